The van der Waals surface area contributed by atoms with E-state index in [1.165, 1.54) is 0 Å². The highest BCUT2D eigenvalue weighted by Crippen LogP contribution is 2.21. The zero-order valence-corrected chi connectivity index (χ0v) is 15.1. The lowest BCUT2D eigenvalue weighted by Gasteiger charge is -2.27. The third-order valence-electron chi connectivity index (χ3n) is 4.57. The van der Waals surface area contributed by atoms with Crippen molar-refractivity contribution in [3.05, 3.63) is 29.8 Å². The molecule has 2 aliphatic rings. The van der Waals surface area contributed by atoms with Gasteiger partial charge in [0.15, 0.2) is 0 Å². The number of nitrogens with one attached hydrogen (secondary N) is 1. The first-order chi connectivity index (χ1) is 13.3. The molecular formula is C18H23N7O2. The van der Waals surface area contributed by atoms with Gasteiger partial charge in [0, 0.05) is 26.2 Å². The summed E-state index contributed by atoms with van der Waals surface area (Å²) in [4.78, 5) is 18.0. The van der Waals surface area contributed by atoms with Crippen LogP contribution in [0.25, 0.3) is 0 Å². The summed E-state index contributed by atoms with van der Waals surface area (Å²) < 4.78 is 5.42. The van der Waals surface area contributed by atoms with E-state index in [0.29, 0.717) is 31.1 Å². The number of hydrogen-bond acceptors (Lipinski definition) is 9. The highest BCUT2D eigenvalue weighted by Gasteiger charge is 2.21. The summed E-state index contributed by atoms with van der Waals surface area (Å²) >= 11 is 0. The van der Waals surface area contributed by atoms with E-state index >= 15 is 0 Å². The first-order valence-electron chi connectivity index (χ1n) is 9.20. The Morgan fingerprint density at radius 2 is 1.56 bits per heavy atom. The number of ether oxygens (including phenoxy) is 1. The molecule has 9 heteroatoms. The van der Waals surface area contributed by atoms with Gasteiger partial charge in [-0.25, -0.2) is 5.43 Å². The van der Waals surface area contributed by atoms with Crippen LogP contribution in [0.15, 0.2) is 29.4 Å². The van der Waals surface area contributed by atoms with Crippen LogP contribution in [-0.4, -0.2) is 65.7 Å². The van der Waals surface area contributed by atoms with Crippen LogP contribution in [-0.2, 0) is 4.74 Å². The van der Waals surface area contributed by atoms with Gasteiger partial charge in [0.2, 0.25) is 17.8 Å². The SMILES string of the molecule is Oc1ccc(/C=N/Nc2nc(N3CCCC3)nc(N3CCOCC3)n2)cc1. The van der Waals surface area contributed by atoms with E-state index in [-0.39, 0.29) is 5.75 Å². The number of morpholine rings is 1. The second-order valence-corrected chi connectivity index (χ2v) is 6.51. The molecule has 0 bridgehead atoms. The van der Waals surface area contributed by atoms with E-state index in [1.807, 2.05) is 0 Å². The summed E-state index contributed by atoms with van der Waals surface area (Å²) in [6, 6.07) is 6.80. The van der Waals surface area contributed by atoms with Crippen LogP contribution in [0.3, 0.4) is 0 Å². The van der Waals surface area contributed by atoms with Crippen molar-refractivity contribution in [2.24, 2.45) is 5.10 Å². The molecule has 4 rings (SSSR count). The Balaban J connectivity index is 1.54. The van der Waals surface area contributed by atoms with Gasteiger partial charge >= 0.3 is 0 Å². The maximum Gasteiger partial charge on any atom is 0.250 e. The van der Waals surface area contributed by atoms with Crippen molar-refractivity contribution in [1.82, 2.24) is 15.0 Å². The zero-order valence-electron chi connectivity index (χ0n) is 15.1. The molecule has 2 N–H and O–H groups in total. The van der Waals surface area contributed by atoms with E-state index in [0.717, 1.165) is 44.6 Å². The molecule has 0 unspecified atom stereocenters. The predicted octanol–water partition coefficient (Wildman–Crippen LogP) is 1.46. The number of aromatic hydroxyl groups is 1. The van der Waals surface area contributed by atoms with Crippen molar-refractivity contribution in [3.63, 3.8) is 0 Å². The van der Waals surface area contributed by atoms with Crippen molar-refractivity contribution < 1.29 is 9.84 Å². The Labute approximate surface area is 157 Å². The third kappa shape index (κ3) is 4.43. The molecule has 0 aliphatic carbocycles. The van der Waals surface area contributed by atoms with Gasteiger partial charge in [0.1, 0.15) is 5.75 Å². The highest BCUT2D eigenvalue weighted by molar-refractivity contribution is 5.80. The zero-order chi connectivity index (χ0) is 18.5. The fourth-order valence-electron chi connectivity index (χ4n) is 3.09. The van der Waals surface area contributed by atoms with Gasteiger partial charge in [0.05, 0.1) is 19.4 Å². The van der Waals surface area contributed by atoms with Gasteiger partial charge < -0.3 is 19.6 Å². The monoisotopic (exact) mass is 369 g/mol. The molecule has 2 fully saturated rings. The molecule has 0 amide bonds. The summed E-state index contributed by atoms with van der Waals surface area (Å²) in [7, 11) is 0. The molecule has 0 saturated carbocycles. The van der Waals surface area contributed by atoms with Crippen molar-refractivity contribution in [2.45, 2.75) is 12.8 Å². The highest BCUT2D eigenvalue weighted by atomic mass is 16.5. The Morgan fingerprint density at radius 1 is 0.926 bits per heavy atom. The first kappa shape index (κ1) is 17.5. The Kier molecular flexibility index (Phi) is 5.29. The van der Waals surface area contributed by atoms with Gasteiger partial charge in [-0.1, -0.05) is 0 Å². The minimum absolute atomic E-state index is 0.225. The molecule has 2 aromatic rings. The van der Waals surface area contributed by atoms with Crippen LogP contribution in [0.1, 0.15) is 18.4 Å². The maximum absolute atomic E-state index is 9.34. The fraction of sp³-hybridized carbons (Fsp3) is 0.444. The number of nitrogens with zero attached hydrogens (tertiary/aromatic N) is 6. The molecule has 27 heavy (non-hydrogen) atoms. The molecule has 1 aromatic heterocycles. The molecule has 2 aliphatic heterocycles. The molecule has 0 radical (unpaired) electrons. The number of phenols is 1. The fourth-order valence-corrected chi connectivity index (χ4v) is 3.09. The van der Waals surface area contributed by atoms with Crippen LogP contribution in [0.4, 0.5) is 17.8 Å². The lowest BCUT2D eigenvalue weighted by atomic mass is 10.2. The molecule has 9 nitrogen and oxygen atoms in total. The summed E-state index contributed by atoms with van der Waals surface area (Å²) in [5, 5.41) is 13.6. The largest absolute Gasteiger partial charge is 0.508 e. The Hall–Kier alpha value is -2.94. The molecule has 1 aromatic carbocycles. The van der Waals surface area contributed by atoms with Crippen LogP contribution in [0.2, 0.25) is 0 Å². The van der Waals surface area contributed by atoms with Gasteiger partial charge in [-0.2, -0.15) is 20.1 Å². The number of aromatic nitrogens is 3. The Morgan fingerprint density at radius 3 is 2.22 bits per heavy atom. The molecule has 142 valence electrons. The quantitative estimate of drug-likeness (QED) is 0.604. The number of benzene rings is 1. The summed E-state index contributed by atoms with van der Waals surface area (Å²) in [5.74, 6) is 1.98. The Bertz CT molecular complexity index is 785. The molecule has 2 saturated heterocycles. The molecule has 3 heterocycles. The predicted molar refractivity (Wildman–Crippen MR) is 104 cm³/mol. The summed E-state index contributed by atoms with van der Waals surface area (Å²) in [6.07, 6.45) is 3.97. The van der Waals surface area contributed by atoms with E-state index in [9.17, 15) is 5.11 Å². The van der Waals surface area contributed by atoms with E-state index in [4.69, 9.17) is 4.74 Å². The second-order valence-electron chi connectivity index (χ2n) is 6.51. The van der Waals surface area contributed by atoms with Crippen LogP contribution in [0.5, 0.6) is 5.75 Å². The maximum atomic E-state index is 9.34. The van der Waals surface area contributed by atoms with Crippen molar-refractivity contribution in [3.8, 4) is 5.75 Å². The average Bonchev–Trinajstić information content (AvgIpc) is 3.25. The smallest absolute Gasteiger partial charge is 0.250 e. The van der Waals surface area contributed by atoms with Gasteiger partial charge in [0.25, 0.3) is 0 Å². The van der Waals surface area contributed by atoms with E-state index in [2.05, 4.69) is 35.3 Å². The van der Waals surface area contributed by atoms with Gasteiger partial charge in [-0.3, -0.25) is 0 Å². The van der Waals surface area contributed by atoms with E-state index in [1.54, 1.807) is 30.5 Å². The van der Waals surface area contributed by atoms with Crippen molar-refractivity contribution >= 4 is 24.1 Å². The first-order valence-corrected chi connectivity index (χ1v) is 9.20. The lowest BCUT2D eigenvalue weighted by molar-refractivity contribution is 0.122. The topological polar surface area (TPSA) is 99.0 Å². The van der Waals surface area contributed by atoms with Crippen LogP contribution < -0.4 is 15.2 Å². The average molecular weight is 369 g/mol. The van der Waals surface area contributed by atoms with Crippen LogP contribution >= 0.6 is 0 Å². The number of anilines is 3. The number of hydrogen-bond donors (Lipinski definition) is 2. The van der Waals surface area contributed by atoms with Gasteiger partial charge in [-0.05, 0) is 42.7 Å². The van der Waals surface area contributed by atoms with Crippen molar-refractivity contribution in [2.75, 3.05) is 54.6 Å². The second kappa shape index (κ2) is 8.17. The van der Waals surface area contributed by atoms with E-state index < -0.39 is 0 Å². The number of phenolic OH excluding ortho intramolecular Hbond substituents is 1. The molecular weight excluding hydrogens is 346 g/mol. The van der Waals surface area contributed by atoms with Crippen LogP contribution in [0, 0.1) is 0 Å². The minimum atomic E-state index is 0.225. The molecule has 0 atom stereocenters. The lowest BCUT2D eigenvalue weighted by Crippen LogP contribution is -2.38. The third-order valence-corrected chi connectivity index (χ3v) is 4.57. The normalized spacial score (nSPS) is 17.6. The number of hydrazone groups is 1. The summed E-state index contributed by atoms with van der Waals surface area (Å²) in [6.45, 7) is 4.80. The number of rotatable bonds is 5. The standard InChI is InChI=1S/C18H23N7O2/c26-15-5-3-14(4-6-15)13-19-23-16-20-17(24-7-1-2-8-24)22-18(21-16)25-9-11-27-12-10-25/h3-6,13,26H,1-2,7-12H2,(H,20,21,22,23)/b19-13+. The summed E-state index contributed by atoms with van der Waals surface area (Å²) in [5.41, 5.74) is 3.77. The van der Waals surface area contributed by atoms with Crippen molar-refractivity contribution in [1.29, 1.82) is 0 Å². The molecule has 0 spiro atoms. The van der Waals surface area contributed by atoms with Gasteiger partial charge in [-0.15, -0.1) is 0 Å². The minimum Gasteiger partial charge on any atom is -0.508 e.